The molecule has 46 heavy (non-hydrogen) atoms. The quantitative estimate of drug-likeness (QED) is 0.143. The van der Waals surface area contributed by atoms with Crippen LogP contribution >= 0.6 is 31.9 Å². The maximum Gasteiger partial charge on any atom is 0.397 e. The van der Waals surface area contributed by atoms with Crippen molar-refractivity contribution in [1.82, 2.24) is 5.32 Å². The second kappa shape index (κ2) is 14.0. The van der Waals surface area contributed by atoms with Gasteiger partial charge < -0.3 is 10.2 Å². The minimum absolute atomic E-state index is 0.191. The first kappa shape index (κ1) is 34.3. The van der Waals surface area contributed by atoms with Crippen LogP contribution in [0.2, 0.25) is 0 Å². The third kappa shape index (κ3) is 6.96. The summed E-state index contributed by atoms with van der Waals surface area (Å²) in [5.74, 6) is 0. The maximum absolute atomic E-state index is 11.2. The summed E-state index contributed by atoms with van der Waals surface area (Å²) in [4.78, 5) is 5.95. The number of fused-ring (bicyclic) bond motifs is 2. The van der Waals surface area contributed by atoms with Gasteiger partial charge in [0.05, 0.1) is 12.0 Å². The second-order valence-electron chi connectivity index (χ2n) is 12.5. The van der Waals surface area contributed by atoms with Crippen molar-refractivity contribution in [3.05, 3.63) is 129 Å². The van der Waals surface area contributed by atoms with Crippen LogP contribution in [0.15, 0.2) is 118 Å². The van der Waals surface area contributed by atoms with E-state index >= 15 is 0 Å². The Labute approximate surface area is 289 Å². The third-order valence-corrected chi connectivity index (χ3v) is 9.88. The van der Waals surface area contributed by atoms with Gasteiger partial charge >= 0.3 is 10.4 Å². The van der Waals surface area contributed by atoms with Crippen molar-refractivity contribution in [3.63, 3.8) is 0 Å². The molecule has 1 aliphatic carbocycles. The summed E-state index contributed by atoms with van der Waals surface area (Å²) < 4.78 is 38.4. The Hall–Kier alpha value is -3.02. The van der Waals surface area contributed by atoms with E-state index in [0.29, 0.717) is 0 Å². The molecule has 0 aromatic heterocycles. The average molecular weight is 771 g/mol. The molecule has 2 aliphatic heterocycles. The lowest BCUT2D eigenvalue weighted by Gasteiger charge is -2.26. The van der Waals surface area contributed by atoms with Crippen LogP contribution in [0, 0.1) is 0 Å². The number of hydrogen-bond donors (Lipinski definition) is 2. The van der Waals surface area contributed by atoms with Crippen molar-refractivity contribution >= 4 is 59.3 Å². The van der Waals surface area contributed by atoms with E-state index in [0.717, 1.165) is 58.9 Å². The summed E-state index contributed by atoms with van der Waals surface area (Å²) in [6.45, 7) is 8.97. The van der Waals surface area contributed by atoms with Crippen LogP contribution in [-0.2, 0) is 25.4 Å². The summed E-state index contributed by atoms with van der Waals surface area (Å²) in [6, 6.07) is 16.9. The maximum atomic E-state index is 11.2. The van der Waals surface area contributed by atoms with Crippen molar-refractivity contribution in [3.8, 4) is 0 Å². The van der Waals surface area contributed by atoms with Crippen LogP contribution in [-0.4, -0.2) is 36.4 Å². The number of nitrogens with one attached hydrogen (secondary N) is 1. The van der Waals surface area contributed by atoms with E-state index in [1.165, 1.54) is 11.1 Å². The first-order valence-corrected chi connectivity index (χ1v) is 18.5. The molecule has 0 fully saturated rings. The molecule has 10 heteroatoms. The van der Waals surface area contributed by atoms with E-state index in [9.17, 15) is 8.42 Å². The zero-order chi connectivity index (χ0) is 33.1. The van der Waals surface area contributed by atoms with Gasteiger partial charge in [-0.1, -0.05) is 94.3 Å². The highest BCUT2D eigenvalue weighted by Crippen LogP contribution is 2.48. The molecule has 0 spiro atoms. The molecular formula is C36H40Br2N3O4S+. The third-order valence-electron chi connectivity index (χ3n) is 8.94. The van der Waals surface area contributed by atoms with Crippen molar-refractivity contribution < 1.29 is 21.7 Å². The van der Waals surface area contributed by atoms with E-state index in [2.05, 4.69) is 151 Å². The number of halogens is 2. The number of para-hydroxylation sites is 2. The number of nitrogens with zero attached hydrogens (tertiary/aromatic N) is 2. The molecular weight excluding hydrogens is 730 g/mol. The van der Waals surface area contributed by atoms with Crippen LogP contribution in [0.1, 0.15) is 58.1 Å². The molecule has 2 N–H and O–H groups in total. The van der Waals surface area contributed by atoms with Crippen LogP contribution in [0.5, 0.6) is 0 Å². The fourth-order valence-electron chi connectivity index (χ4n) is 6.74. The number of hydrogen-bond acceptors (Lipinski definition) is 5. The fourth-order valence-corrected chi connectivity index (χ4v) is 7.51. The minimum Gasteiger partial charge on any atom is -0.382 e. The Morgan fingerprint density at radius 2 is 1.67 bits per heavy atom. The molecule has 5 rings (SSSR count). The van der Waals surface area contributed by atoms with Gasteiger partial charge in [-0.05, 0) is 66.9 Å². The van der Waals surface area contributed by atoms with Crippen LogP contribution in [0.25, 0.3) is 0 Å². The van der Waals surface area contributed by atoms with Gasteiger partial charge in [0.25, 0.3) is 0 Å². The summed E-state index contributed by atoms with van der Waals surface area (Å²) in [5.41, 5.74) is 9.86. The SMILES string of the molecule is CC1(C)C(/C=C/C2=C(NCCOS(=O)(=O)O)C(=C/C=C3/N(/C=C/Br)c4ccccc4C3(C)C)/CCC2)=[N+](/C=C/Br)c2ccccc21. The molecule has 7 nitrogen and oxygen atoms in total. The van der Waals surface area contributed by atoms with E-state index < -0.39 is 10.4 Å². The molecule has 242 valence electrons. The molecule has 0 unspecified atom stereocenters. The van der Waals surface area contributed by atoms with Gasteiger partial charge in [0.15, 0.2) is 11.9 Å². The van der Waals surface area contributed by atoms with E-state index in [4.69, 9.17) is 4.55 Å². The number of anilines is 1. The lowest BCUT2D eigenvalue weighted by atomic mass is 9.81. The first-order valence-electron chi connectivity index (χ1n) is 15.3. The fraction of sp³-hybridized carbons (Fsp3) is 0.306. The van der Waals surface area contributed by atoms with E-state index in [1.54, 1.807) is 0 Å². The zero-order valence-electron chi connectivity index (χ0n) is 26.5. The lowest BCUT2D eigenvalue weighted by molar-refractivity contribution is -0.356. The van der Waals surface area contributed by atoms with Crippen LogP contribution < -0.4 is 10.2 Å². The highest BCUT2D eigenvalue weighted by molar-refractivity contribution is 9.11. The summed E-state index contributed by atoms with van der Waals surface area (Å²) >= 11 is 6.95. The minimum atomic E-state index is -4.53. The normalized spacial score (nSPS) is 21.1. The summed E-state index contributed by atoms with van der Waals surface area (Å²) in [6.07, 6.45) is 15.5. The highest BCUT2D eigenvalue weighted by Gasteiger charge is 2.43. The molecule has 0 saturated heterocycles. The Kier molecular flexibility index (Phi) is 10.4. The van der Waals surface area contributed by atoms with Crippen LogP contribution in [0.4, 0.5) is 11.4 Å². The number of rotatable bonds is 10. The van der Waals surface area contributed by atoms with Crippen molar-refractivity contribution in [2.75, 3.05) is 18.1 Å². The first-order chi connectivity index (χ1) is 21.9. The smallest absolute Gasteiger partial charge is 0.382 e. The molecule has 0 atom stereocenters. The van der Waals surface area contributed by atoms with Gasteiger partial charge in [0.2, 0.25) is 5.69 Å². The Balaban J connectivity index is 1.57. The van der Waals surface area contributed by atoms with Crippen molar-refractivity contribution in [2.24, 2.45) is 0 Å². The van der Waals surface area contributed by atoms with Gasteiger partial charge in [0, 0.05) is 57.9 Å². The standard InChI is InChI=1S/C36H39Br2N3O4S/c1-35(2)28-12-5-7-14-30(28)40(23-20-37)32(35)18-16-26-10-9-11-27(34(26)39-22-25-45-46(42,43)44)17-19-33-36(3,4)29-13-6-8-15-31(29)41(33)24-21-38/h5-8,12-21,23-24H,9-11,22,25H2,1-4H3,(H,42,43,44)/p+1/b23-20+,24-21+,26-16+,32-18+. The predicted molar refractivity (Wildman–Crippen MR) is 194 cm³/mol. The average Bonchev–Trinajstić information content (AvgIpc) is 3.36. The summed E-state index contributed by atoms with van der Waals surface area (Å²) in [7, 11) is -4.53. The van der Waals surface area contributed by atoms with Gasteiger partial charge in [-0.3, -0.25) is 4.55 Å². The molecule has 0 amide bonds. The molecule has 0 radical (unpaired) electrons. The Morgan fingerprint density at radius 1 is 0.957 bits per heavy atom. The molecule has 0 saturated carbocycles. The Morgan fingerprint density at radius 3 is 2.39 bits per heavy atom. The molecule has 2 aromatic rings. The second-order valence-corrected chi connectivity index (χ2v) is 14.6. The van der Waals surface area contributed by atoms with Gasteiger partial charge in [-0.15, -0.1) is 0 Å². The van der Waals surface area contributed by atoms with Gasteiger partial charge in [-0.2, -0.15) is 13.0 Å². The molecule has 2 heterocycles. The zero-order valence-corrected chi connectivity index (χ0v) is 30.5. The lowest BCUT2D eigenvalue weighted by Crippen LogP contribution is -2.27. The largest absolute Gasteiger partial charge is 0.397 e. The van der Waals surface area contributed by atoms with E-state index in [-0.39, 0.29) is 24.0 Å². The summed E-state index contributed by atoms with van der Waals surface area (Å²) in [5, 5.41) is 3.44. The predicted octanol–water partition coefficient (Wildman–Crippen LogP) is 8.81. The van der Waals surface area contributed by atoms with Crippen molar-refractivity contribution in [2.45, 2.75) is 57.8 Å². The Bertz CT molecular complexity index is 1830. The van der Waals surface area contributed by atoms with Gasteiger partial charge in [0.1, 0.15) is 0 Å². The highest BCUT2D eigenvalue weighted by atomic mass is 79.9. The number of benzene rings is 2. The molecule has 2 aromatic carbocycles. The van der Waals surface area contributed by atoms with E-state index in [1.807, 2.05) is 22.4 Å². The topological polar surface area (TPSA) is 81.9 Å². The molecule has 3 aliphatic rings. The molecule has 0 bridgehead atoms. The van der Waals surface area contributed by atoms with Crippen molar-refractivity contribution in [1.29, 1.82) is 0 Å². The monoisotopic (exact) mass is 768 g/mol. The van der Waals surface area contributed by atoms with Crippen LogP contribution in [0.3, 0.4) is 0 Å². The van der Waals surface area contributed by atoms with Gasteiger partial charge in [-0.25, -0.2) is 4.18 Å². The number of allylic oxidation sites excluding steroid dienone is 7.